The van der Waals surface area contributed by atoms with Gasteiger partial charge in [-0.1, -0.05) is 36.6 Å². The standard InChI is InChI=1S/C19H23FN4O2/c20-14-7-4-6-13(12-14)17-22-18(26-23-17)16-10-5-11-24(16)19(25)21-15-8-2-1-3-9-15/h4,6-7,12,15-16H,1-3,5,8-11H2,(H,21,25)/t16-/m1/s1. The molecule has 1 atom stereocenters. The van der Waals surface area contributed by atoms with Crippen molar-refractivity contribution in [3.05, 3.63) is 36.0 Å². The number of hydrogen-bond donors (Lipinski definition) is 1. The van der Waals surface area contributed by atoms with Gasteiger partial charge in [0.25, 0.3) is 0 Å². The van der Waals surface area contributed by atoms with Gasteiger partial charge in [-0.2, -0.15) is 4.98 Å². The number of benzene rings is 1. The van der Waals surface area contributed by atoms with Gasteiger partial charge in [0.1, 0.15) is 11.9 Å². The number of halogens is 1. The molecule has 4 rings (SSSR count). The Morgan fingerprint density at radius 1 is 1.19 bits per heavy atom. The normalized spacial score (nSPS) is 21.1. The minimum Gasteiger partial charge on any atom is -0.337 e. The number of nitrogens with one attached hydrogen (secondary N) is 1. The second-order valence-electron chi connectivity index (χ2n) is 7.10. The third-order valence-corrected chi connectivity index (χ3v) is 5.26. The number of likely N-dealkylation sites (tertiary alicyclic amines) is 1. The fraction of sp³-hybridized carbons (Fsp3) is 0.526. The largest absolute Gasteiger partial charge is 0.337 e. The summed E-state index contributed by atoms with van der Waals surface area (Å²) < 4.78 is 18.8. The molecule has 7 heteroatoms. The van der Waals surface area contributed by atoms with Crippen molar-refractivity contribution in [1.29, 1.82) is 0 Å². The molecule has 138 valence electrons. The van der Waals surface area contributed by atoms with Crippen LogP contribution < -0.4 is 5.32 Å². The Bertz CT molecular complexity index is 772. The number of hydrogen-bond acceptors (Lipinski definition) is 4. The summed E-state index contributed by atoms with van der Waals surface area (Å²) in [6.07, 6.45) is 7.40. The molecule has 0 bridgehead atoms. The van der Waals surface area contributed by atoms with Gasteiger partial charge >= 0.3 is 6.03 Å². The quantitative estimate of drug-likeness (QED) is 0.898. The average Bonchev–Trinajstić information content (AvgIpc) is 3.32. The van der Waals surface area contributed by atoms with Crippen LogP contribution in [0.1, 0.15) is 56.9 Å². The zero-order chi connectivity index (χ0) is 17.9. The summed E-state index contributed by atoms with van der Waals surface area (Å²) in [5.74, 6) is 0.419. The molecule has 2 amide bonds. The summed E-state index contributed by atoms with van der Waals surface area (Å²) in [5.41, 5.74) is 0.566. The first-order valence-electron chi connectivity index (χ1n) is 9.37. The molecule has 26 heavy (non-hydrogen) atoms. The first-order valence-corrected chi connectivity index (χ1v) is 9.37. The van der Waals surface area contributed by atoms with Gasteiger partial charge in [0.05, 0.1) is 0 Å². The molecule has 2 aliphatic rings. The average molecular weight is 358 g/mol. The highest BCUT2D eigenvalue weighted by Gasteiger charge is 2.35. The third-order valence-electron chi connectivity index (χ3n) is 5.26. The fourth-order valence-corrected chi connectivity index (χ4v) is 3.89. The summed E-state index contributed by atoms with van der Waals surface area (Å²) in [7, 11) is 0. The van der Waals surface area contributed by atoms with Gasteiger partial charge in [0.15, 0.2) is 0 Å². The van der Waals surface area contributed by atoms with Crippen molar-refractivity contribution in [2.24, 2.45) is 0 Å². The van der Waals surface area contributed by atoms with Crippen molar-refractivity contribution >= 4 is 6.03 Å². The molecular weight excluding hydrogens is 335 g/mol. The van der Waals surface area contributed by atoms with Gasteiger partial charge in [-0.25, -0.2) is 9.18 Å². The lowest BCUT2D eigenvalue weighted by atomic mass is 9.96. The Labute approximate surface area is 151 Å². The summed E-state index contributed by atoms with van der Waals surface area (Å²) in [6.45, 7) is 0.681. The minimum absolute atomic E-state index is 0.0510. The Morgan fingerprint density at radius 3 is 2.85 bits per heavy atom. The van der Waals surface area contributed by atoms with Crippen LogP contribution in [0.2, 0.25) is 0 Å². The lowest BCUT2D eigenvalue weighted by molar-refractivity contribution is 0.173. The molecule has 1 aromatic carbocycles. The van der Waals surface area contributed by atoms with Gasteiger partial charge in [0.2, 0.25) is 11.7 Å². The SMILES string of the molecule is O=C(NC1CCCCC1)N1CCC[C@@H]1c1nc(-c2cccc(F)c2)no1. The lowest BCUT2D eigenvalue weighted by Gasteiger charge is -2.28. The molecule has 1 saturated heterocycles. The summed E-state index contributed by atoms with van der Waals surface area (Å²) >= 11 is 0. The highest BCUT2D eigenvalue weighted by atomic mass is 19.1. The third kappa shape index (κ3) is 3.57. The number of amides is 2. The lowest BCUT2D eigenvalue weighted by Crippen LogP contribution is -2.45. The monoisotopic (exact) mass is 358 g/mol. The van der Waals surface area contributed by atoms with E-state index in [-0.39, 0.29) is 23.9 Å². The number of rotatable bonds is 3. The van der Waals surface area contributed by atoms with Crippen molar-refractivity contribution in [3.8, 4) is 11.4 Å². The van der Waals surface area contributed by atoms with Crippen molar-refractivity contribution in [3.63, 3.8) is 0 Å². The van der Waals surface area contributed by atoms with Crippen molar-refractivity contribution in [1.82, 2.24) is 20.4 Å². The molecule has 2 fully saturated rings. The van der Waals surface area contributed by atoms with Gasteiger partial charge < -0.3 is 14.7 Å². The zero-order valence-corrected chi connectivity index (χ0v) is 14.7. The molecule has 1 aliphatic heterocycles. The summed E-state index contributed by atoms with van der Waals surface area (Å²) in [4.78, 5) is 18.9. The maximum Gasteiger partial charge on any atom is 0.318 e. The number of urea groups is 1. The van der Waals surface area contributed by atoms with Crippen LogP contribution in [0.4, 0.5) is 9.18 Å². The van der Waals surface area contributed by atoms with E-state index < -0.39 is 0 Å². The van der Waals surface area contributed by atoms with Gasteiger partial charge in [0, 0.05) is 18.2 Å². The van der Waals surface area contributed by atoms with E-state index in [0.29, 0.717) is 23.8 Å². The van der Waals surface area contributed by atoms with E-state index >= 15 is 0 Å². The second kappa shape index (κ2) is 7.43. The smallest absolute Gasteiger partial charge is 0.318 e. The van der Waals surface area contributed by atoms with Crippen molar-refractivity contribution < 1.29 is 13.7 Å². The highest BCUT2D eigenvalue weighted by molar-refractivity contribution is 5.75. The van der Waals surface area contributed by atoms with Gasteiger partial charge in [-0.05, 0) is 37.8 Å². The Balaban J connectivity index is 1.47. The molecule has 1 saturated carbocycles. The maximum atomic E-state index is 13.4. The highest BCUT2D eigenvalue weighted by Crippen LogP contribution is 2.32. The number of aromatic nitrogens is 2. The van der Waals surface area contributed by atoms with E-state index in [1.807, 2.05) is 0 Å². The molecule has 0 spiro atoms. The van der Waals surface area contributed by atoms with Crippen molar-refractivity contribution in [2.45, 2.75) is 57.0 Å². The van der Waals surface area contributed by atoms with Crippen LogP contribution in [0.5, 0.6) is 0 Å². The molecule has 0 radical (unpaired) electrons. The van der Waals surface area contributed by atoms with Gasteiger partial charge in [-0.15, -0.1) is 0 Å². The van der Waals surface area contributed by atoms with E-state index in [9.17, 15) is 9.18 Å². The van der Waals surface area contributed by atoms with E-state index in [2.05, 4.69) is 15.5 Å². The van der Waals surface area contributed by atoms with Crippen LogP contribution in [-0.4, -0.2) is 33.7 Å². The molecular formula is C19H23FN4O2. The topological polar surface area (TPSA) is 71.3 Å². The predicted octanol–water partition coefficient (Wildman–Crippen LogP) is 4.05. The van der Waals surface area contributed by atoms with E-state index in [1.165, 1.54) is 31.4 Å². The van der Waals surface area contributed by atoms with E-state index in [4.69, 9.17) is 4.52 Å². The van der Waals surface area contributed by atoms with Crippen LogP contribution in [0.25, 0.3) is 11.4 Å². The molecule has 2 heterocycles. The van der Waals surface area contributed by atoms with Crippen LogP contribution >= 0.6 is 0 Å². The number of carbonyl (C=O) groups is 1. The Kier molecular flexibility index (Phi) is 4.86. The first kappa shape index (κ1) is 17.0. The second-order valence-corrected chi connectivity index (χ2v) is 7.10. The summed E-state index contributed by atoms with van der Waals surface area (Å²) in [5, 5.41) is 7.12. The Morgan fingerprint density at radius 2 is 2.04 bits per heavy atom. The Hall–Kier alpha value is -2.44. The van der Waals surface area contributed by atoms with E-state index in [0.717, 1.165) is 25.7 Å². The zero-order valence-electron chi connectivity index (χ0n) is 14.7. The fourth-order valence-electron chi connectivity index (χ4n) is 3.89. The van der Waals surface area contributed by atoms with Crippen LogP contribution in [-0.2, 0) is 0 Å². The molecule has 1 aliphatic carbocycles. The van der Waals surface area contributed by atoms with Gasteiger partial charge in [-0.3, -0.25) is 0 Å². The molecule has 2 aromatic rings. The molecule has 6 nitrogen and oxygen atoms in total. The summed E-state index contributed by atoms with van der Waals surface area (Å²) in [6, 6.07) is 6.09. The molecule has 0 unspecified atom stereocenters. The maximum absolute atomic E-state index is 13.4. The predicted molar refractivity (Wildman–Crippen MR) is 93.8 cm³/mol. The molecule has 1 N–H and O–H groups in total. The number of carbonyl (C=O) groups excluding carboxylic acids is 1. The van der Waals surface area contributed by atoms with Crippen LogP contribution in [0.15, 0.2) is 28.8 Å². The molecule has 1 aromatic heterocycles. The van der Waals surface area contributed by atoms with Crippen molar-refractivity contribution in [2.75, 3.05) is 6.54 Å². The van der Waals surface area contributed by atoms with Crippen LogP contribution in [0.3, 0.4) is 0 Å². The first-order chi connectivity index (χ1) is 12.7. The minimum atomic E-state index is -0.344. The number of nitrogens with zero attached hydrogens (tertiary/aromatic N) is 3. The van der Waals surface area contributed by atoms with Crippen LogP contribution in [0, 0.1) is 5.82 Å². The van der Waals surface area contributed by atoms with E-state index in [1.54, 1.807) is 17.0 Å².